The van der Waals surface area contributed by atoms with E-state index in [0.717, 1.165) is 5.39 Å². The van der Waals surface area contributed by atoms with Crippen LogP contribution in [0.5, 0.6) is 11.5 Å². The summed E-state index contributed by atoms with van der Waals surface area (Å²) < 4.78 is 5.14. The quantitative estimate of drug-likeness (QED) is 0.469. The lowest BCUT2D eigenvalue weighted by Crippen LogP contribution is -1.99. The van der Waals surface area contributed by atoms with Gasteiger partial charge >= 0.3 is 5.63 Å². The number of rotatable bonds is 0. The number of benzene rings is 2. The van der Waals surface area contributed by atoms with Crippen LogP contribution in [0.4, 0.5) is 0 Å². The molecule has 0 unspecified atom stereocenters. The van der Waals surface area contributed by atoms with Crippen LogP contribution in [0.2, 0.25) is 0 Å². The van der Waals surface area contributed by atoms with Crippen LogP contribution in [0.15, 0.2) is 39.5 Å². The summed E-state index contributed by atoms with van der Waals surface area (Å²) in [6, 6.07) is 7.75. The fourth-order valence-corrected chi connectivity index (χ4v) is 2.06. The largest absolute Gasteiger partial charge is 0.508 e. The molecule has 0 aliphatic carbocycles. The molecule has 2 N–H and O–H groups in total. The average Bonchev–Trinajstić information content (AvgIpc) is 2.32. The Morgan fingerprint density at radius 2 is 1.78 bits per heavy atom. The number of phenols is 2. The zero-order valence-electron chi connectivity index (χ0n) is 9.60. The van der Waals surface area contributed by atoms with E-state index in [4.69, 9.17) is 4.42 Å². The summed E-state index contributed by atoms with van der Waals surface area (Å²) >= 11 is 0. The molecule has 0 aliphatic heterocycles. The van der Waals surface area contributed by atoms with E-state index in [9.17, 15) is 15.0 Å². The maximum atomic E-state index is 11.8. The number of phenolic OH excluding ortho intramolecular Hbond substituents is 2. The van der Waals surface area contributed by atoms with Crippen LogP contribution < -0.4 is 5.63 Å². The summed E-state index contributed by atoms with van der Waals surface area (Å²) in [5.74, 6) is 0.105. The van der Waals surface area contributed by atoms with E-state index in [0.29, 0.717) is 21.9 Å². The SMILES string of the molecule is Cc1cc2c(cc1O)oc(=O)c1cc(O)ccc12. The maximum absolute atomic E-state index is 11.8. The van der Waals surface area contributed by atoms with Gasteiger partial charge in [-0.05, 0) is 36.8 Å². The Labute approximate surface area is 102 Å². The smallest absolute Gasteiger partial charge is 0.344 e. The van der Waals surface area contributed by atoms with Crippen molar-refractivity contribution in [3.05, 3.63) is 46.3 Å². The topological polar surface area (TPSA) is 70.7 Å². The molecule has 3 rings (SSSR count). The van der Waals surface area contributed by atoms with E-state index in [1.165, 1.54) is 18.2 Å². The summed E-state index contributed by atoms with van der Waals surface area (Å²) in [7, 11) is 0. The van der Waals surface area contributed by atoms with Gasteiger partial charge in [-0.25, -0.2) is 4.79 Å². The number of fused-ring (bicyclic) bond motifs is 3. The lowest BCUT2D eigenvalue weighted by Gasteiger charge is -2.05. The van der Waals surface area contributed by atoms with Gasteiger partial charge in [-0.2, -0.15) is 0 Å². The van der Waals surface area contributed by atoms with Gasteiger partial charge < -0.3 is 14.6 Å². The van der Waals surface area contributed by atoms with Crippen LogP contribution in [0.1, 0.15) is 5.56 Å². The Balaban J connectivity index is 2.60. The Morgan fingerprint density at radius 1 is 1.00 bits per heavy atom. The first-order valence-electron chi connectivity index (χ1n) is 5.45. The van der Waals surface area contributed by atoms with Gasteiger partial charge in [0.1, 0.15) is 17.1 Å². The molecule has 1 aromatic heterocycles. The fraction of sp³-hybridized carbons (Fsp3) is 0.0714. The molecule has 0 atom stereocenters. The summed E-state index contributed by atoms with van der Waals surface area (Å²) in [5, 5.41) is 20.8. The van der Waals surface area contributed by atoms with Crippen molar-refractivity contribution >= 4 is 21.7 Å². The van der Waals surface area contributed by atoms with E-state index in [2.05, 4.69) is 0 Å². The third kappa shape index (κ3) is 1.43. The van der Waals surface area contributed by atoms with E-state index in [-0.39, 0.29) is 11.5 Å². The van der Waals surface area contributed by atoms with Crippen LogP contribution >= 0.6 is 0 Å². The summed E-state index contributed by atoms with van der Waals surface area (Å²) in [6.45, 7) is 1.77. The zero-order valence-corrected chi connectivity index (χ0v) is 9.60. The molecule has 1 heterocycles. The van der Waals surface area contributed by atoms with Crippen molar-refractivity contribution in [2.75, 3.05) is 0 Å². The van der Waals surface area contributed by atoms with E-state index < -0.39 is 5.63 Å². The number of hydrogen-bond acceptors (Lipinski definition) is 4. The van der Waals surface area contributed by atoms with Gasteiger partial charge in [0.15, 0.2) is 0 Å². The highest BCUT2D eigenvalue weighted by molar-refractivity contribution is 6.05. The summed E-state index contributed by atoms with van der Waals surface area (Å²) in [6.07, 6.45) is 0. The zero-order chi connectivity index (χ0) is 12.9. The number of aryl methyl sites for hydroxylation is 1. The highest BCUT2D eigenvalue weighted by atomic mass is 16.4. The third-order valence-corrected chi connectivity index (χ3v) is 3.01. The molecule has 0 spiro atoms. The molecule has 3 aromatic rings. The van der Waals surface area contributed by atoms with Gasteiger partial charge in [0.05, 0.1) is 5.39 Å². The van der Waals surface area contributed by atoms with Crippen LogP contribution in [0.25, 0.3) is 21.7 Å². The molecule has 4 heteroatoms. The maximum Gasteiger partial charge on any atom is 0.344 e. The van der Waals surface area contributed by atoms with Crippen molar-refractivity contribution in [1.29, 1.82) is 0 Å². The van der Waals surface area contributed by atoms with Crippen molar-refractivity contribution < 1.29 is 14.6 Å². The Bertz CT molecular complexity index is 830. The fourth-order valence-electron chi connectivity index (χ4n) is 2.06. The van der Waals surface area contributed by atoms with Crippen molar-refractivity contribution in [3.8, 4) is 11.5 Å². The third-order valence-electron chi connectivity index (χ3n) is 3.01. The molecule has 90 valence electrons. The monoisotopic (exact) mass is 242 g/mol. The minimum atomic E-state index is -0.531. The average molecular weight is 242 g/mol. The lowest BCUT2D eigenvalue weighted by atomic mass is 10.0. The number of aromatic hydroxyl groups is 2. The lowest BCUT2D eigenvalue weighted by molar-refractivity contribution is 0.469. The molecule has 0 aliphatic rings. The van der Waals surface area contributed by atoms with Crippen LogP contribution in [0, 0.1) is 6.92 Å². The van der Waals surface area contributed by atoms with Crippen molar-refractivity contribution in [2.45, 2.75) is 6.92 Å². The van der Waals surface area contributed by atoms with E-state index in [1.54, 1.807) is 19.1 Å². The summed E-state index contributed by atoms with van der Waals surface area (Å²) in [4.78, 5) is 11.8. The second kappa shape index (κ2) is 3.50. The Kier molecular flexibility index (Phi) is 2.07. The first-order valence-corrected chi connectivity index (χ1v) is 5.45. The van der Waals surface area contributed by atoms with Gasteiger partial charge in [-0.15, -0.1) is 0 Å². The number of hydrogen-bond donors (Lipinski definition) is 2. The van der Waals surface area contributed by atoms with Crippen LogP contribution in [0.3, 0.4) is 0 Å². The van der Waals surface area contributed by atoms with Crippen molar-refractivity contribution in [1.82, 2.24) is 0 Å². The van der Waals surface area contributed by atoms with Gasteiger partial charge in [0, 0.05) is 16.8 Å². The molecule has 0 fully saturated rings. The Hall–Kier alpha value is -2.49. The van der Waals surface area contributed by atoms with Gasteiger partial charge in [-0.3, -0.25) is 0 Å². The van der Waals surface area contributed by atoms with Crippen molar-refractivity contribution in [2.24, 2.45) is 0 Å². The molecule has 0 bridgehead atoms. The second-order valence-corrected chi connectivity index (χ2v) is 4.25. The predicted octanol–water partition coefficient (Wildman–Crippen LogP) is 2.67. The highest BCUT2D eigenvalue weighted by Crippen LogP contribution is 2.29. The molecule has 2 aromatic carbocycles. The molecule has 0 radical (unpaired) electrons. The molecular weight excluding hydrogens is 232 g/mol. The second-order valence-electron chi connectivity index (χ2n) is 4.25. The minimum Gasteiger partial charge on any atom is -0.508 e. The van der Waals surface area contributed by atoms with Gasteiger partial charge in [0.25, 0.3) is 0 Å². The first kappa shape index (κ1) is 10.7. The summed E-state index contributed by atoms with van der Waals surface area (Å²) in [5.41, 5.74) is 0.503. The van der Waals surface area contributed by atoms with Gasteiger partial charge in [-0.1, -0.05) is 0 Å². The first-order chi connectivity index (χ1) is 8.56. The standard InChI is InChI=1S/C14H10O4/c1-7-4-10-9-3-2-8(15)5-11(9)14(17)18-13(10)6-12(7)16/h2-6,15-16H,1H3. The molecule has 4 nitrogen and oxygen atoms in total. The highest BCUT2D eigenvalue weighted by Gasteiger charge is 2.10. The molecule has 0 amide bonds. The van der Waals surface area contributed by atoms with Gasteiger partial charge in [0.2, 0.25) is 0 Å². The van der Waals surface area contributed by atoms with Crippen LogP contribution in [-0.2, 0) is 0 Å². The van der Waals surface area contributed by atoms with E-state index >= 15 is 0 Å². The van der Waals surface area contributed by atoms with Crippen LogP contribution in [-0.4, -0.2) is 10.2 Å². The normalized spacial score (nSPS) is 11.2. The Morgan fingerprint density at radius 3 is 2.56 bits per heavy atom. The molecule has 18 heavy (non-hydrogen) atoms. The van der Waals surface area contributed by atoms with E-state index in [1.807, 2.05) is 0 Å². The molecule has 0 saturated heterocycles. The molecule has 0 saturated carbocycles. The predicted molar refractivity (Wildman–Crippen MR) is 68.1 cm³/mol. The minimum absolute atomic E-state index is 0.0182. The van der Waals surface area contributed by atoms with Crippen molar-refractivity contribution in [3.63, 3.8) is 0 Å². The molecular formula is C14H10O4.